The average molecular weight is 363 g/mol. The molecule has 2 rings (SSSR count). The fourth-order valence-electron chi connectivity index (χ4n) is 3.48. The Morgan fingerprint density at radius 2 is 1.96 bits per heavy atom. The van der Waals surface area contributed by atoms with E-state index in [9.17, 15) is 9.90 Å². The Labute approximate surface area is 157 Å². The van der Waals surface area contributed by atoms with Gasteiger partial charge in [0.25, 0.3) is 0 Å². The number of benzene rings is 1. The molecule has 1 saturated carbocycles. The number of β-amino-alcohol motifs (C(OH)–C–C–N with tert-alkyl or cyclic N) is 1. The highest BCUT2D eigenvalue weighted by atomic mass is 16.5. The van der Waals surface area contributed by atoms with E-state index >= 15 is 0 Å². The summed E-state index contributed by atoms with van der Waals surface area (Å²) in [6.45, 7) is 7.23. The van der Waals surface area contributed by atoms with E-state index in [0.717, 1.165) is 18.4 Å². The maximum Gasteiger partial charge on any atom is 0.311 e. The van der Waals surface area contributed by atoms with E-state index in [1.807, 2.05) is 30.3 Å². The molecule has 0 spiro atoms. The summed E-state index contributed by atoms with van der Waals surface area (Å²) in [6, 6.07) is 9.96. The van der Waals surface area contributed by atoms with Crippen molar-refractivity contribution in [2.24, 2.45) is 11.8 Å². The number of hydrogen-bond acceptors (Lipinski definition) is 5. The molecule has 146 valence electrons. The molecule has 26 heavy (non-hydrogen) atoms. The normalized spacial score (nSPS) is 24.9. The molecule has 0 radical (unpaired) electrons. The van der Waals surface area contributed by atoms with Gasteiger partial charge in [0.15, 0.2) is 0 Å². The zero-order valence-corrected chi connectivity index (χ0v) is 16.4. The van der Waals surface area contributed by atoms with Gasteiger partial charge in [-0.05, 0) is 51.5 Å². The van der Waals surface area contributed by atoms with Crippen LogP contribution in [0.2, 0.25) is 0 Å². The first-order valence-corrected chi connectivity index (χ1v) is 9.46. The molecule has 4 unspecified atom stereocenters. The molecule has 5 nitrogen and oxygen atoms in total. The summed E-state index contributed by atoms with van der Waals surface area (Å²) >= 11 is 0. The summed E-state index contributed by atoms with van der Waals surface area (Å²) in [6.07, 6.45) is 1.56. The Morgan fingerprint density at radius 1 is 1.27 bits per heavy atom. The number of methoxy groups -OCH3 is 1. The predicted octanol–water partition coefficient (Wildman–Crippen LogP) is 2.91. The van der Waals surface area contributed by atoms with Crippen LogP contribution in [-0.2, 0) is 20.9 Å². The van der Waals surface area contributed by atoms with Gasteiger partial charge < -0.3 is 19.9 Å². The van der Waals surface area contributed by atoms with Gasteiger partial charge in [-0.15, -0.1) is 0 Å². The molecular formula is C21H33NO4. The fraction of sp³-hybridized carbons (Fsp3) is 0.667. The van der Waals surface area contributed by atoms with E-state index in [-0.39, 0.29) is 29.4 Å². The molecule has 1 aromatic carbocycles. The molecule has 0 amide bonds. The van der Waals surface area contributed by atoms with Gasteiger partial charge in [0.05, 0.1) is 31.8 Å². The first-order valence-electron chi connectivity index (χ1n) is 9.46. The minimum atomic E-state index is -0.476. The maximum absolute atomic E-state index is 12.3. The first kappa shape index (κ1) is 20.9. The highest BCUT2D eigenvalue weighted by molar-refractivity contribution is 5.73. The van der Waals surface area contributed by atoms with Crippen LogP contribution in [0.5, 0.6) is 0 Å². The number of carbonyl (C=O) groups is 1. The molecule has 0 aliphatic heterocycles. The number of aliphatic hydroxyl groups is 1. The number of rotatable bonds is 7. The van der Waals surface area contributed by atoms with Gasteiger partial charge in [-0.3, -0.25) is 4.79 Å². The minimum Gasteiger partial charge on any atom is -0.469 e. The first-order chi connectivity index (χ1) is 12.3. The van der Waals surface area contributed by atoms with Crippen molar-refractivity contribution in [1.29, 1.82) is 0 Å². The quantitative estimate of drug-likeness (QED) is 0.729. The minimum absolute atomic E-state index is 0.0429. The highest BCUT2D eigenvalue weighted by Gasteiger charge is 2.39. The summed E-state index contributed by atoms with van der Waals surface area (Å²) in [4.78, 5) is 12.3. The summed E-state index contributed by atoms with van der Waals surface area (Å²) < 4.78 is 11.0. The molecule has 2 N–H and O–H groups in total. The molecule has 1 aromatic rings. The van der Waals surface area contributed by atoms with Gasteiger partial charge >= 0.3 is 5.97 Å². The smallest absolute Gasteiger partial charge is 0.311 e. The summed E-state index contributed by atoms with van der Waals surface area (Å²) in [5.74, 6) is -0.499. The molecule has 0 saturated heterocycles. The second-order valence-electron chi connectivity index (χ2n) is 8.24. The number of aliphatic hydroxyl groups excluding tert-OH is 1. The van der Waals surface area contributed by atoms with Crippen LogP contribution in [0, 0.1) is 11.8 Å². The van der Waals surface area contributed by atoms with E-state index in [2.05, 4.69) is 26.1 Å². The van der Waals surface area contributed by atoms with Crippen LogP contribution in [0.1, 0.15) is 45.6 Å². The van der Waals surface area contributed by atoms with Crippen LogP contribution in [0.25, 0.3) is 0 Å². The summed E-state index contributed by atoms with van der Waals surface area (Å²) in [7, 11) is 1.41. The average Bonchev–Trinajstić information content (AvgIpc) is 2.64. The lowest BCUT2D eigenvalue weighted by atomic mass is 9.76. The van der Waals surface area contributed by atoms with Crippen LogP contribution in [-0.4, -0.2) is 42.5 Å². The Bertz CT molecular complexity index is 555. The zero-order valence-electron chi connectivity index (χ0n) is 16.4. The van der Waals surface area contributed by atoms with E-state index < -0.39 is 6.10 Å². The second-order valence-corrected chi connectivity index (χ2v) is 8.24. The Morgan fingerprint density at radius 3 is 2.58 bits per heavy atom. The van der Waals surface area contributed by atoms with Crippen molar-refractivity contribution in [3.63, 3.8) is 0 Å². The SMILES string of the molecule is COC(=O)C1CC(C(O)CNC(C)(C)C)CCC1OCc1ccccc1. The highest BCUT2D eigenvalue weighted by Crippen LogP contribution is 2.34. The van der Waals surface area contributed by atoms with E-state index in [4.69, 9.17) is 9.47 Å². The van der Waals surface area contributed by atoms with E-state index in [1.165, 1.54) is 7.11 Å². The van der Waals surface area contributed by atoms with Crippen molar-refractivity contribution in [1.82, 2.24) is 5.32 Å². The zero-order chi connectivity index (χ0) is 19.2. The third kappa shape index (κ3) is 6.38. The monoisotopic (exact) mass is 363 g/mol. The van der Waals surface area contributed by atoms with Gasteiger partial charge in [0.2, 0.25) is 0 Å². The molecule has 4 atom stereocenters. The Kier molecular flexibility index (Phi) is 7.62. The third-order valence-electron chi connectivity index (χ3n) is 5.02. The topological polar surface area (TPSA) is 67.8 Å². The van der Waals surface area contributed by atoms with Crippen LogP contribution >= 0.6 is 0 Å². The van der Waals surface area contributed by atoms with Crippen molar-refractivity contribution in [3.8, 4) is 0 Å². The third-order valence-corrected chi connectivity index (χ3v) is 5.02. The lowest BCUT2D eigenvalue weighted by Crippen LogP contribution is -2.46. The van der Waals surface area contributed by atoms with E-state index in [0.29, 0.717) is 19.6 Å². The fourth-order valence-corrected chi connectivity index (χ4v) is 3.48. The van der Waals surface area contributed by atoms with Crippen LogP contribution < -0.4 is 5.32 Å². The van der Waals surface area contributed by atoms with Crippen molar-refractivity contribution in [2.45, 2.75) is 64.4 Å². The lowest BCUT2D eigenvalue weighted by molar-refractivity contribution is -0.156. The maximum atomic E-state index is 12.3. The van der Waals surface area contributed by atoms with Gasteiger partial charge in [-0.25, -0.2) is 0 Å². The molecule has 0 bridgehead atoms. The Hall–Kier alpha value is -1.43. The molecule has 5 heteroatoms. The van der Waals surface area contributed by atoms with Crippen molar-refractivity contribution < 1.29 is 19.4 Å². The number of esters is 1. The molecule has 0 aromatic heterocycles. The van der Waals surface area contributed by atoms with Crippen LogP contribution in [0.4, 0.5) is 0 Å². The van der Waals surface area contributed by atoms with Gasteiger partial charge in [-0.1, -0.05) is 30.3 Å². The summed E-state index contributed by atoms with van der Waals surface area (Å²) in [5.41, 5.74) is 1.05. The van der Waals surface area contributed by atoms with Crippen molar-refractivity contribution >= 4 is 5.97 Å². The number of hydrogen-bond donors (Lipinski definition) is 2. The number of carbonyl (C=O) groups excluding carboxylic acids is 1. The lowest BCUT2D eigenvalue weighted by Gasteiger charge is -2.37. The number of ether oxygens (including phenoxy) is 2. The molecule has 0 heterocycles. The standard InChI is InChI=1S/C21H33NO4/c1-21(2,3)22-13-18(23)16-10-11-19(17(12-16)20(24)25-4)26-14-15-8-6-5-7-9-15/h5-9,16-19,22-23H,10-14H2,1-4H3. The number of nitrogens with one attached hydrogen (secondary N) is 1. The van der Waals surface area contributed by atoms with Crippen molar-refractivity contribution in [2.75, 3.05) is 13.7 Å². The largest absolute Gasteiger partial charge is 0.469 e. The van der Waals surface area contributed by atoms with Crippen molar-refractivity contribution in [3.05, 3.63) is 35.9 Å². The van der Waals surface area contributed by atoms with Crippen LogP contribution in [0.3, 0.4) is 0 Å². The van der Waals surface area contributed by atoms with Gasteiger partial charge in [0, 0.05) is 12.1 Å². The molecule has 1 fully saturated rings. The Balaban J connectivity index is 1.94. The predicted molar refractivity (Wildman–Crippen MR) is 102 cm³/mol. The molecule has 1 aliphatic rings. The summed E-state index contributed by atoms with van der Waals surface area (Å²) in [5, 5.41) is 13.9. The van der Waals surface area contributed by atoms with Gasteiger partial charge in [-0.2, -0.15) is 0 Å². The second kappa shape index (κ2) is 9.49. The van der Waals surface area contributed by atoms with Crippen LogP contribution in [0.15, 0.2) is 30.3 Å². The molecular weight excluding hydrogens is 330 g/mol. The molecule has 1 aliphatic carbocycles. The van der Waals surface area contributed by atoms with Gasteiger partial charge in [0.1, 0.15) is 0 Å². The van der Waals surface area contributed by atoms with E-state index in [1.54, 1.807) is 0 Å².